The van der Waals surface area contributed by atoms with E-state index < -0.39 is 0 Å². The van der Waals surface area contributed by atoms with Crippen molar-refractivity contribution in [2.45, 2.75) is 13.8 Å². The van der Waals surface area contributed by atoms with E-state index in [2.05, 4.69) is 0 Å². The van der Waals surface area contributed by atoms with Gasteiger partial charge in [0, 0.05) is 16.1 Å². The van der Waals surface area contributed by atoms with Crippen LogP contribution in [-0.4, -0.2) is 5.78 Å². The molecule has 0 saturated heterocycles. The van der Waals surface area contributed by atoms with Gasteiger partial charge in [-0.3, -0.25) is 4.79 Å². The van der Waals surface area contributed by atoms with Gasteiger partial charge in [-0.15, -0.1) is 0 Å². The highest BCUT2D eigenvalue weighted by molar-refractivity contribution is 6.31. The van der Waals surface area contributed by atoms with Gasteiger partial charge in [0.15, 0.2) is 5.78 Å². The highest BCUT2D eigenvalue weighted by Gasteiger charge is 2.12. The molecule has 0 fully saturated rings. The average Bonchev–Trinajstić information content (AvgIpc) is 2.34. The van der Waals surface area contributed by atoms with Gasteiger partial charge in [-0.25, -0.2) is 0 Å². The zero-order valence-electron chi connectivity index (χ0n) is 9.83. The Morgan fingerprint density at radius 1 is 1.00 bits per heavy atom. The lowest BCUT2D eigenvalue weighted by Gasteiger charge is -2.08. The summed E-state index contributed by atoms with van der Waals surface area (Å²) in [6.07, 6.45) is 0. The molecule has 0 heterocycles. The van der Waals surface area contributed by atoms with E-state index >= 15 is 0 Å². The Morgan fingerprint density at radius 2 is 1.65 bits per heavy atom. The Morgan fingerprint density at radius 3 is 2.29 bits per heavy atom. The summed E-state index contributed by atoms with van der Waals surface area (Å²) in [7, 11) is 0. The molecule has 0 aliphatic heterocycles. The number of halogens is 1. The van der Waals surface area contributed by atoms with Crippen LogP contribution in [0, 0.1) is 13.8 Å². The van der Waals surface area contributed by atoms with Gasteiger partial charge >= 0.3 is 0 Å². The zero-order valence-corrected chi connectivity index (χ0v) is 10.6. The van der Waals surface area contributed by atoms with E-state index in [0.29, 0.717) is 10.6 Å². The normalized spacial score (nSPS) is 10.3. The number of ketones is 1. The molecular weight excluding hydrogens is 232 g/mol. The maximum absolute atomic E-state index is 12.3. The molecule has 2 aromatic carbocycles. The number of hydrogen-bond donors (Lipinski definition) is 0. The van der Waals surface area contributed by atoms with Crippen LogP contribution in [-0.2, 0) is 0 Å². The van der Waals surface area contributed by atoms with Gasteiger partial charge < -0.3 is 0 Å². The van der Waals surface area contributed by atoms with Crippen LogP contribution in [0.25, 0.3) is 0 Å². The molecule has 2 rings (SSSR count). The average molecular weight is 245 g/mol. The minimum atomic E-state index is 0.0443. The molecule has 0 N–H and O–H groups in total. The molecule has 0 spiro atoms. The molecule has 0 radical (unpaired) electrons. The van der Waals surface area contributed by atoms with Crippen molar-refractivity contribution in [3.63, 3.8) is 0 Å². The Hall–Kier alpha value is -1.60. The molecule has 0 aliphatic carbocycles. The molecule has 0 saturated carbocycles. The monoisotopic (exact) mass is 244 g/mol. The lowest BCUT2D eigenvalue weighted by molar-refractivity contribution is 0.103. The van der Waals surface area contributed by atoms with Crippen molar-refractivity contribution in [2.75, 3.05) is 0 Å². The second-order valence-corrected chi connectivity index (χ2v) is 4.52. The Bertz CT molecular complexity index is 559. The molecule has 0 aromatic heterocycles. The third-order valence-electron chi connectivity index (χ3n) is 2.79. The molecule has 0 bridgehead atoms. The highest BCUT2D eigenvalue weighted by atomic mass is 35.5. The topological polar surface area (TPSA) is 17.1 Å². The smallest absolute Gasteiger partial charge is 0.193 e. The van der Waals surface area contributed by atoms with Gasteiger partial charge in [-0.1, -0.05) is 41.9 Å². The van der Waals surface area contributed by atoms with Gasteiger partial charge in [0.1, 0.15) is 0 Å². The molecule has 0 atom stereocenters. The number of hydrogen-bond acceptors (Lipinski definition) is 1. The maximum Gasteiger partial charge on any atom is 0.193 e. The predicted molar refractivity (Wildman–Crippen MR) is 70.8 cm³/mol. The summed E-state index contributed by atoms with van der Waals surface area (Å²) in [6, 6.07) is 13.0. The molecule has 86 valence electrons. The van der Waals surface area contributed by atoms with E-state index in [1.165, 1.54) is 0 Å². The Balaban J connectivity index is 2.48. The van der Waals surface area contributed by atoms with E-state index in [-0.39, 0.29) is 5.78 Å². The zero-order chi connectivity index (χ0) is 12.4. The lowest BCUT2D eigenvalue weighted by atomic mass is 9.97. The molecule has 2 aromatic rings. The SMILES string of the molecule is Cc1cc(C(=O)c2ccccc2)c(C)cc1Cl. The Labute approximate surface area is 106 Å². The second kappa shape index (κ2) is 4.72. The first-order chi connectivity index (χ1) is 8.09. The van der Waals surface area contributed by atoms with Gasteiger partial charge in [0.05, 0.1) is 0 Å². The highest BCUT2D eigenvalue weighted by Crippen LogP contribution is 2.22. The standard InChI is InChI=1S/C15H13ClO/c1-10-9-14(16)11(2)8-13(10)15(17)12-6-4-3-5-7-12/h3-9H,1-2H3. The molecule has 1 nitrogen and oxygen atoms in total. The predicted octanol–water partition coefficient (Wildman–Crippen LogP) is 4.19. The van der Waals surface area contributed by atoms with Crippen LogP contribution in [0.15, 0.2) is 42.5 Å². The molecule has 0 amide bonds. The van der Waals surface area contributed by atoms with E-state index in [0.717, 1.165) is 16.7 Å². The fraction of sp³-hybridized carbons (Fsp3) is 0.133. The summed E-state index contributed by atoms with van der Waals surface area (Å²) >= 11 is 6.03. The molecule has 2 heteroatoms. The summed E-state index contributed by atoms with van der Waals surface area (Å²) in [5, 5.41) is 0.701. The summed E-state index contributed by atoms with van der Waals surface area (Å²) < 4.78 is 0. The van der Waals surface area contributed by atoms with Crippen LogP contribution in [0.1, 0.15) is 27.0 Å². The van der Waals surface area contributed by atoms with Crippen molar-refractivity contribution in [2.24, 2.45) is 0 Å². The molecule has 0 aliphatic rings. The third kappa shape index (κ3) is 2.40. The summed E-state index contributed by atoms with van der Waals surface area (Å²) in [6.45, 7) is 3.81. The van der Waals surface area contributed by atoms with Crippen molar-refractivity contribution in [1.82, 2.24) is 0 Å². The minimum Gasteiger partial charge on any atom is -0.289 e. The minimum absolute atomic E-state index is 0.0443. The molecular formula is C15H13ClO. The number of rotatable bonds is 2. The molecule has 0 unspecified atom stereocenters. The van der Waals surface area contributed by atoms with Crippen LogP contribution in [0.4, 0.5) is 0 Å². The van der Waals surface area contributed by atoms with Crippen LogP contribution in [0.2, 0.25) is 5.02 Å². The number of carbonyl (C=O) groups excluding carboxylic acids is 1. The van der Waals surface area contributed by atoms with E-state index in [9.17, 15) is 4.79 Å². The maximum atomic E-state index is 12.3. The Kier molecular flexibility index (Phi) is 3.30. The van der Waals surface area contributed by atoms with Gasteiger partial charge in [0.2, 0.25) is 0 Å². The van der Waals surface area contributed by atoms with Crippen LogP contribution < -0.4 is 0 Å². The van der Waals surface area contributed by atoms with E-state index in [4.69, 9.17) is 11.6 Å². The van der Waals surface area contributed by atoms with Crippen LogP contribution >= 0.6 is 11.6 Å². The largest absolute Gasteiger partial charge is 0.289 e. The summed E-state index contributed by atoms with van der Waals surface area (Å²) in [5.74, 6) is 0.0443. The number of carbonyl (C=O) groups is 1. The van der Waals surface area contributed by atoms with Crippen molar-refractivity contribution in [1.29, 1.82) is 0 Å². The van der Waals surface area contributed by atoms with E-state index in [1.54, 1.807) is 0 Å². The fourth-order valence-electron chi connectivity index (χ4n) is 1.77. The summed E-state index contributed by atoms with van der Waals surface area (Å²) in [5.41, 5.74) is 3.27. The van der Waals surface area contributed by atoms with Crippen LogP contribution in [0.3, 0.4) is 0 Å². The van der Waals surface area contributed by atoms with Crippen LogP contribution in [0.5, 0.6) is 0 Å². The van der Waals surface area contributed by atoms with Gasteiger partial charge in [-0.2, -0.15) is 0 Å². The molecule has 17 heavy (non-hydrogen) atoms. The van der Waals surface area contributed by atoms with Crippen molar-refractivity contribution in [3.8, 4) is 0 Å². The van der Waals surface area contributed by atoms with Crippen molar-refractivity contribution >= 4 is 17.4 Å². The fourth-order valence-corrected chi connectivity index (χ4v) is 1.99. The quantitative estimate of drug-likeness (QED) is 0.724. The third-order valence-corrected chi connectivity index (χ3v) is 3.19. The van der Waals surface area contributed by atoms with Crippen molar-refractivity contribution < 1.29 is 4.79 Å². The van der Waals surface area contributed by atoms with E-state index in [1.807, 2.05) is 56.3 Å². The first-order valence-corrected chi connectivity index (χ1v) is 5.84. The first-order valence-electron chi connectivity index (χ1n) is 5.46. The number of benzene rings is 2. The van der Waals surface area contributed by atoms with Gasteiger partial charge in [0.25, 0.3) is 0 Å². The lowest BCUT2D eigenvalue weighted by Crippen LogP contribution is -2.04. The summed E-state index contributed by atoms with van der Waals surface area (Å²) in [4.78, 5) is 12.3. The first kappa shape index (κ1) is 11.9. The second-order valence-electron chi connectivity index (χ2n) is 4.11. The number of aryl methyl sites for hydroxylation is 2. The van der Waals surface area contributed by atoms with Gasteiger partial charge in [-0.05, 0) is 37.1 Å². The van der Waals surface area contributed by atoms with Crippen molar-refractivity contribution in [3.05, 3.63) is 69.7 Å².